The maximum absolute atomic E-state index is 14.0. The Bertz CT molecular complexity index is 1640. The van der Waals surface area contributed by atoms with E-state index in [0.717, 1.165) is 5.56 Å². The van der Waals surface area contributed by atoms with E-state index in [0.29, 0.717) is 61.3 Å². The largest absolute Gasteiger partial charge is 0.493 e. The number of hydrogen-bond donors (Lipinski definition) is 0. The van der Waals surface area contributed by atoms with Crippen LogP contribution >= 0.6 is 27.3 Å². The van der Waals surface area contributed by atoms with Gasteiger partial charge in [-0.05, 0) is 69.2 Å². The van der Waals surface area contributed by atoms with E-state index in [4.69, 9.17) is 23.7 Å². The summed E-state index contributed by atoms with van der Waals surface area (Å²) in [5.41, 5.74) is 1.84. The molecule has 0 saturated heterocycles. The lowest BCUT2D eigenvalue weighted by molar-refractivity contribution is -0.139. The molecule has 40 heavy (non-hydrogen) atoms. The predicted molar refractivity (Wildman–Crippen MR) is 156 cm³/mol. The molecule has 0 saturated carbocycles. The summed E-state index contributed by atoms with van der Waals surface area (Å²) in [6.45, 7) is 8.44. The number of halogens is 1. The molecule has 1 atom stereocenters. The third-order valence-corrected chi connectivity index (χ3v) is 7.85. The molecule has 0 amide bonds. The second-order valence-electron chi connectivity index (χ2n) is 8.60. The van der Waals surface area contributed by atoms with Gasteiger partial charge in [0, 0.05) is 4.47 Å². The Balaban J connectivity index is 1.95. The average Bonchev–Trinajstić information content (AvgIpc) is 3.23. The quantitative estimate of drug-likeness (QED) is 0.307. The van der Waals surface area contributed by atoms with Gasteiger partial charge in [-0.2, -0.15) is 0 Å². The molecule has 212 valence electrons. The van der Waals surface area contributed by atoms with Gasteiger partial charge in [0.15, 0.2) is 27.8 Å². The van der Waals surface area contributed by atoms with Crippen molar-refractivity contribution in [1.82, 2.24) is 4.57 Å². The monoisotopic (exact) mass is 630 g/mol. The fourth-order valence-corrected chi connectivity index (χ4v) is 6.06. The zero-order chi connectivity index (χ0) is 29.0. The Morgan fingerprint density at radius 1 is 1.00 bits per heavy atom. The summed E-state index contributed by atoms with van der Waals surface area (Å²) in [5.74, 6) is 1.65. The number of allylic oxidation sites excluding steroid dienone is 1. The number of hydrogen-bond acceptors (Lipinski definition) is 9. The van der Waals surface area contributed by atoms with E-state index in [1.54, 1.807) is 39.2 Å². The van der Waals surface area contributed by atoms with E-state index < -0.39 is 12.0 Å². The first-order chi connectivity index (χ1) is 19.3. The van der Waals surface area contributed by atoms with Gasteiger partial charge in [0.05, 0.1) is 55.9 Å². The Labute approximate surface area is 244 Å². The number of fused-ring (bicyclic) bond motifs is 1. The molecule has 1 aliphatic rings. The van der Waals surface area contributed by atoms with E-state index >= 15 is 0 Å². The van der Waals surface area contributed by atoms with Crippen LogP contribution in [0.5, 0.6) is 23.0 Å². The van der Waals surface area contributed by atoms with E-state index in [9.17, 15) is 9.59 Å². The molecule has 0 radical (unpaired) electrons. The summed E-state index contributed by atoms with van der Waals surface area (Å²) in [4.78, 5) is 32.3. The molecular formula is C29H31BrN2O7S. The average molecular weight is 632 g/mol. The van der Waals surface area contributed by atoms with Crippen molar-refractivity contribution >= 4 is 39.3 Å². The van der Waals surface area contributed by atoms with Crippen LogP contribution in [0.2, 0.25) is 0 Å². The molecule has 0 aliphatic carbocycles. The van der Waals surface area contributed by atoms with Crippen molar-refractivity contribution in [3.05, 3.63) is 76.9 Å². The number of aromatic nitrogens is 1. The van der Waals surface area contributed by atoms with Gasteiger partial charge < -0.3 is 23.7 Å². The first kappa shape index (κ1) is 29.4. The Kier molecular flexibility index (Phi) is 9.36. The number of carbonyl (C=O) groups excluding carboxylic acids is 1. The molecule has 2 aromatic carbocycles. The molecule has 0 fully saturated rings. The third-order valence-electron chi connectivity index (χ3n) is 6.18. The third kappa shape index (κ3) is 5.66. The van der Waals surface area contributed by atoms with Crippen LogP contribution < -0.4 is 33.8 Å². The summed E-state index contributed by atoms with van der Waals surface area (Å²) in [6.07, 6.45) is 1.78. The fraction of sp³-hybridized carbons (Fsp3) is 0.345. The lowest BCUT2D eigenvalue weighted by Crippen LogP contribution is -2.40. The van der Waals surface area contributed by atoms with Gasteiger partial charge in [0.1, 0.15) is 0 Å². The number of carbonyl (C=O) groups is 1. The van der Waals surface area contributed by atoms with Gasteiger partial charge in [-0.1, -0.05) is 33.3 Å². The number of esters is 1. The molecule has 4 rings (SSSR count). The smallest absolute Gasteiger partial charge is 0.338 e. The van der Waals surface area contributed by atoms with Gasteiger partial charge in [-0.15, -0.1) is 0 Å². The number of methoxy groups -OCH3 is 2. The lowest BCUT2D eigenvalue weighted by atomic mass is 9.95. The topological polar surface area (TPSA) is 97.6 Å². The number of rotatable bonds is 10. The summed E-state index contributed by atoms with van der Waals surface area (Å²) in [7, 11) is 3.07. The van der Waals surface area contributed by atoms with Gasteiger partial charge >= 0.3 is 5.97 Å². The fourth-order valence-electron chi connectivity index (χ4n) is 4.47. The minimum absolute atomic E-state index is 0.180. The van der Waals surface area contributed by atoms with Gasteiger partial charge in [0.25, 0.3) is 5.56 Å². The van der Waals surface area contributed by atoms with E-state index in [1.807, 2.05) is 32.0 Å². The lowest BCUT2D eigenvalue weighted by Gasteiger charge is -2.26. The number of nitrogens with zero attached hydrogens (tertiary/aromatic N) is 2. The minimum atomic E-state index is -0.814. The van der Waals surface area contributed by atoms with E-state index in [1.165, 1.54) is 23.0 Å². The van der Waals surface area contributed by atoms with Crippen LogP contribution in [0.1, 0.15) is 44.9 Å². The molecule has 1 aliphatic heterocycles. The summed E-state index contributed by atoms with van der Waals surface area (Å²) in [6, 6.07) is 8.21. The van der Waals surface area contributed by atoms with Gasteiger partial charge in [-0.25, -0.2) is 9.79 Å². The SMILES string of the molecule is CCOC(=O)C1=C(C)N=c2s/c(=C\c3ccc(OCC)c(OCC)c3)c(=O)n2[C@@H]1c1cc(OC)c(OC)cc1Br. The Morgan fingerprint density at radius 3 is 2.33 bits per heavy atom. The van der Waals surface area contributed by atoms with Crippen molar-refractivity contribution in [2.45, 2.75) is 33.7 Å². The van der Waals surface area contributed by atoms with Gasteiger partial charge in [0.2, 0.25) is 0 Å². The summed E-state index contributed by atoms with van der Waals surface area (Å²) >= 11 is 4.86. The van der Waals surface area contributed by atoms with Crippen molar-refractivity contribution in [3.8, 4) is 23.0 Å². The molecule has 0 spiro atoms. The summed E-state index contributed by atoms with van der Waals surface area (Å²) < 4.78 is 30.4. The van der Waals surface area contributed by atoms with Crippen molar-refractivity contribution in [2.75, 3.05) is 34.0 Å². The molecule has 0 N–H and O–H groups in total. The molecular weight excluding hydrogens is 600 g/mol. The standard InChI is InChI=1S/C29H31BrN2O7S/c1-7-37-20-11-10-17(12-23(20)38-8-2)13-24-27(33)32-26(18-14-21(35-5)22(36-6)15-19(18)30)25(28(34)39-9-3)16(4)31-29(32)40-24/h10-15,26H,7-9H2,1-6H3/b24-13-/t26-/m1/s1. The first-order valence-corrected chi connectivity index (χ1v) is 14.4. The Morgan fingerprint density at radius 2 is 1.68 bits per heavy atom. The van der Waals surface area contributed by atoms with Crippen molar-refractivity contribution < 1.29 is 28.5 Å². The predicted octanol–water partition coefficient (Wildman–Crippen LogP) is 4.38. The molecule has 0 unspecified atom stereocenters. The molecule has 11 heteroatoms. The highest BCUT2D eigenvalue weighted by molar-refractivity contribution is 9.10. The Hall–Kier alpha value is -3.57. The van der Waals surface area contributed by atoms with Crippen molar-refractivity contribution in [2.24, 2.45) is 4.99 Å². The molecule has 2 heterocycles. The highest BCUT2D eigenvalue weighted by atomic mass is 79.9. The maximum atomic E-state index is 14.0. The number of ether oxygens (including phenoxy) is 5. The van der Waals surface area contributed by atoms with Crippen LogP contribution in [0.3, 0.4) is 0 Å². The van der Waals surface area contributed by atoms with Gasteiger partial charge in [-0.3, -0.25) is 9.36 Å². The zero-order valence-electron chi connectivity index (χ0n) is 23.2. The highest BCUT2D eigenvalue weighted by Gasteiger charge is 2.35. The van der Waals surface area contributed by atoms with Crippen molar-refractivity contribution in [3.63, 3.8) is 0 Å². The van der Waals surface area contributed by atoms with E-state index in [-0.39, 0.29) is 17.7 Å². The normalized spacial score (nSPS) is 14.9. The molecule has 9 nitrogen and oxygen atoms in total. The van der Waals surface area contributed by atoms with Crippen LogP contribution in [-0.2, 0) is 9.53 Å². The van der Waals surface area contributed by atoms with Crippen LogP contribution in [0, 0.1) is 0 Å². The van der Waals surface area contributed by atoms with Crippen LogP contribution in [0.4, 0.5) is 0 Å². The van der Waals surface area contributed by atoms with Crippen LogP contribution in [-0.4, -0.2) is 44.6 Å². The molecule has 1 aromatic heterocycles. The first-order valence-electron chi connectivity index (χ1n) is 12.8. The van der Waals surface area contributed by atoms with Crippen LogP contribution in [0.15, 0.2) is 55.9 Å². The number of benzene rings is 2. The molecule has 3 aromatic rings. The minimum Gasteiger partial charge on any atom is -0.493 e. The van der Waals surface area contributed by atoms with Crippen LogP contribution in [0.25, 0.3) is 6.08 Å². The maximum Gasteiger partial charge on any atom is 0.338 e. The highest BCUT2D eigenvalue weighted by Crippen LogP contribution is 2.40. The number of thiazole rings is 1. The second kappa shape index (κ2) is 12.7. The zero-order valence-corrected chi connectivity index (χ0v) is 25.6. The second-order valence-corrected chi connectivity index (χ2v) is 10.5. The van der Waals surface area contributed by atoms with E-state index in [2.05, 4.69) is 20.9 Å². The van der Waals surface area contributed by atoms with Crippen molar-refractivity contribution in [1.29, 1.82) is 0 Å². The molecule has 0 bridgehead atoms. The summed E-state index contributed by atoms with van der Waals surface area (Å²) in [5, 5.41) is 0.